The van der Waals surface area contributed by atoms with E-state index in [0.717, 1.165) is 10.9 Å². The molecule has 0 spiro atoms. The molecular formula is C10H8NO. The lowest BCUT2D eigenvalue weighted by molar-refractivity contribution is 0.101. The molecule has 2 heteroatoms. The maximum Gasteiger partial charge on any atom is 0.162 e. The van der Waals surface area contributed by atoms with Gasteiger partial charge >= 0.3 is 0 Å². The molecule has 2 nitrogen and oxygen atoms in total. The van der Waals surface area contributed by atoms with Gasteiger partial charge in [-0.2, -0.15) is 0 Å². The van der Waals surface area contributed by atoms with E-state index in [1.807, 2.05) is 24.3 Å². The van der Waals surface area contributed by atoms with Crippen LogP contribution in [0.2, 0.25) is 0 Å². The Hall–Kier alpha value is -1.57. The third-order valence-corrected chi connectivity index (χ3v) is 1.87. The SMILES string of the molecule is CC(=O)c1[c][nH]c2ccccc12. The standard InChI is InChI=1S/C10H8NO/c1-7(12)9-6-11-10-5-3-2-4-8(9)10/h2-5,11H,1H3. The van der Waals surface area contributed by atoms with Crippen molar-refractivity contribution < 1.29 is 4.79 Å². The summed E-state index contributed by atoms with van der Waals surface area (Å²) in [4.78, 5) is 14.0. The van der Waals surface area contributed by atoms with Crippen molar-refractivity contribution in [3.63, 3.8) is 0 Å². The highest BCUT2D eigenvalue weighted by atomic mass is 16.1. The molecular weight excluding hydrogens is 150 g/mol. The van der Waals surface area contributed by atoms with E-state index in [1.165, 1.54) is 0 Å². The highest BCUT2D eigenvalue weighted by Crippen LogP contribution is 2.16. The number of rotatable bonds is 1. The van der Waals surface area contributed by atoms with Crippen LogP contribution in [0.1, 0.15) is 17.3 Å². The monoisotopic (exact) mass is 158 g/mol. The number of hydrogen-bond acceptors (Lipinski definition) is 1. The van der Waals surface area contributed by atoms with Crippen LogP contribution in [0.4, 0.5) is 0 Å². The van der Waals surface area contributed by atoms with Crippen molar-refractivity contribution in [2.45, 2.75) is 6.92 Å². The third-order valence-electron chi connectivity index (χ3n) is 1.87. The van der Waals surface area contributed by atoms with E-state index >= 15 is 0 Å². The van der Waals surface area contributed by atoms with E-state index in [1.54, 1.807) is 6.92 Å². The summed E-state index contributed by atoms with van der Waals surface area (Å²) in [5.74, 6) is 0.0486. The molecule has 2 aromatic rings. The lowest BCUT2D eigenvalue weighted by Crippen LogP contribution is -1.88. The van der Waals surface area contributed by atoms with Crippen LogP contribution in [0.3, 0.4) is 0 Å². The number of para-hydroxylation sites is 1. The first-order valence-corrected chi connectivity index (χ1v) is 3.78. The minimum Gasteiger partial charge on any atom is -0.353 e. The Bertz CT molecular complexity index is 428. The molecule has 0 aliphatic heterocycles. The van der Waals surface area contributed by atoms with E-state index in [9.17, 15) is 4.79 Å². The first-order valence-electron chi connectivity index (χ1n) is 3.78. The molecule has 0 atom stereocenters. The number of benzene rings is 1. The Labute approximate surface area is 70.2 Å². The zero-order valence-corrected chi connectivity index (χ0v) is 6.72. The van der Waals surface area contributed by atoms with Gasteiger partial charge < -0.3 is 4.98 Å². The molecule has 59 valence electrons. The fourth-order valence-electron chi connectivity index (χ4n) is 1.28. The largest absolute Gasteiger partial charge is 0.353 e. The molecule has 0 unspecified atom stereocenters. The number of hydrogen-bond donors (Lipinski definition) is 1. The van der Waals surface area contributed by atoms with Gasteiger partial charge in [-0.1, -0.05) is 18.2 Å². The number of aromatic nitrogens is 1. The fraction of sp³-hybridized carbons (Fsp3) is 0.100. The lowest BCUT2D eigenvalue weighted by atomic mass is 10.1. The van der Waals surface area contributed by atoms with Crippen LogP contribution in [0.5, 0.6) is 0 Å². The third kappa shape index (κ3) is 0.925. The highest BCUT2D eigenvalue weighted by Gasteiger charge is 2.06. The van der Waals surface area contributed by atoms with Crippen molar-refractivity contribution in [2.24, 2.45) is 0 Å². The summed E-state index contributed by atoms with van der Waals surface area (Å²) >= 11 is 0. The maximum atomic E-state index is 11.1. The van der Waals surface area contributed by atoms with Crippen LogP contribution < -0.4 is 0 Å². The van der Waals surface area contributed by atoms with Crippen molar-refractivity contribution >= 4 is 16.7 Å². The van der Waals surface area contributed by atoms with Gasteiger partial charge in [-0.15, -0.1) is 0 Å². The molecule has 0 amide bonds. The predicted molar refractivity (Wildman–Crippen MR) is 47.1 cm³/mol. The second-order valence-corrected chi connectivity index (χ2v) is 2.73. The maximum absolute atomic E-state index is 11.1. The van der Waals surface area contributed by atoms with E-state index in [4.69, 9.17) is 0 Å². The van der Waals surface area contributed by atoms with Gasteiger partial charge in [-0.3, -0.25) is 4.79 Å². The number of ketones is 1. The number of carbonyl (C=O) groups excluding carboxylic acids is 1. The second kappa shape index (κ2) is 2.48. The molecule has 1 N–H and O–H groups in total. The van der Waals surface area contributed by atoms with Gasteiger partial charge in [0.1, 0.15) is 0 Å². The molecule has 0 saturated carbocycles. The first kappa shape index (κ1) is 7.10. The average molecular weight is 158 g/mol. The summed E-state index contributed by atoms with van der Waals surface area (Å²) < 4.78 is 0. The zero-order valence-electron chi connectivity index (χ0n) is 6.72. The summed E-state index contributed by atoms with van der Waals surface area (Å²) in [6.07, 6.45) is 2.84. The van der Waals surface area contributed by atoms with Gasteiger partial charge in [0.2, 0.25) is 0 Å². The fourth-order valence-corrected chi connectivity index (χ4v) is 1.28. The summed E-state index contributed by atoms with van der Waals surface area (Å²) in [7, 11) is 0. The van der Waals surface area contributed by atoms with E-state index in [-0.39, 0.29) is 5.78 Å². The molecule has 1 aromatic carbocycles. The molecule has 0 bridgehead atoms. The lowest BCUT2D eigenvalue weighted by Gasteiger charge is -1.90. The number of carbonyl (C=O) groups is 1. The molecule has 0 fully saturated rings. The van der Waals surface area contributed by atoms with Crippen molar-refractivity contribution in [1.29, 1.82) is 0 Å². The van der Waals surface area contributed by atoms with Gasteiger partial charge in [0.05, 0.1) is 11.8 Å². The van der Waals surface area contributed by atoms with Gasteiger partial charge in [0.15, 0.2) is 5.78 Å². The Morgan fingerprint density at radius 2 is 2.17 bits per heavy atom. The first-order chi connectivity index (χ1) is 5.79. The van der Waals surface area contributed by atoms with Crippen LogP contribution in [-0.4, -0.2) is 10.8 Å². The molecule has 2 rings (SSSR count). The molecule has 1 radical (unpaired) electrons. The average Bonchev–Trinajstić information content (AvgIpc) is 2.47. The summed E-state index contributed by atoms with van der Waals surface area (Å²) in [5, 5.41) is 0.949. The number of H-pyrrole nitrogens is 1. The Morgan fingerprint density at radius 1 is 1.42 bits per heavy atom. The van der Waals surface area contributed by atoms with E-state index < -0.39 is 0 Å². The number of fused-ring (bicyclic) bond motifs is 1. The molecule has 0 aliphatic rings. The number of Topliss-reactive ketones (excluding diaryl/α,β-unsaturated/α-hetero) is 1. The highest BCUT2D eigenvalue weighted by molar-refractivity contribution is 6.06. The quantitative estimate of drug-likeness (QED) is 0.634. The van der Waals surface area contributed by atoms with Crippen LogP contribution in [0.15, 0.2) is 24.3 Å². The second-order valence-electron chi connectivity index (χ2n) is 2.73. The minimum absolute atomic E-state index is 0.0486. The summed E-state index contributed by atoms with van der Waals surface area (Å²) in [5.41, 5.74) is 1.60. The normalized spacial score (nSPS) is 10.4. The Balaban J connectivity index is 2.79. The molecule has 0 saturated heterocycles. The summed E-state index contributed by atoms with van der Waals surface area (Å²) in [6.45, 7) is 1.55. The van der Waals surface area contributed by atoms with Crippen molar-refractivity contribution in [2.75, 3.05) is 0 Å². The Kier molecular flexibility index (Phi) is 1.47. The van der Waals surface area contributed by atoms with Gasteiger partial charge in [0, 0.05) is 10.9 Å². The molecule has 12 heavy (non-hydrogen) atoms. The molecule has 1 aromatic heterocycles. The van der Waals surface area contributed by atoms with Crippen LogP contribution >= 0.6 is 0 Å². The number of nitrogens with one attached hydrogen (secondary N) is 1. The Morgan fingerprint density at radius 3 is 2.92 bits per heavy atom. The van der Waals surface area contributed by atoms with Gasteiger partial charge in [-0.25, -0.2) is 0 Å². The smallest absolute Gasteiger partial charge is 0.162 e. The van der Waals surface area contributed by atoms with Crippen LogP contribution in [0.25, 0.3) is 10.9 Å². The van der Waals surface area contributed by atoms with Gasteiger partial charge in [-0.05, 0) is 13.0 Å². The molecule has 0 aliphatic carbocycles. The van der Waals surface area contributed by atoms with E-state index in [0.29, 0.717) is 5.56 Å². The topological polar surface area (TPSA) is 32.9 Å². The number of aromatic amines is 1. The van der Waals surface area contributed by atoms with Crippen molar-refractivity contribution in [3.8, 4) is 0 Å². The van der Waals surface area contributed by atoms with Crippen LogP contribution in [-0.2, 0) is 0 Å². The summed E-state index contributed by atoms with van der Waals surface area (Å²) in [6, 6.07) is 7.68. The van der Waals surface area contributed by atoms with Crippen molar-refractivity contribution in [1.82, 2.24) is 4.98 Å². The molecule has 1 heterocycles. The zero-order chi connectivity index (χ0) is 8.55. The minimum atomic E-state index is 0.0486. The predicted octanol–water partition coefficient (Wildman–Crippen LogP) is 2.17. The van der Waals surface area contributed by atoms with Crippen molar-refractivity contribution in [3.05, 3.63) is 36.0 Å². The van der Waals surface area contributed by atoms with Gasteiger partial charge in [0.25, 0.3) is 0 Å². The van der Waals surface area contributed by atoms with Crippen LogP contribution in [0, 0.1) is 6.20 Å². The van der Waals surface area contributed by atoms with E-state index in [2.05, 4.69) is 11.2 Å².